The number of benzene rings is 2. The molecule has 0 aliphatic heterocycles. The van der Waals surface area contributed by atoms with E-state index in [1.54, 1.807) is 13.2 Å². The Labute approximate surface area is 150 Å². The van der Waals surface area contributed by atoms with Crippen molar-refractivity contribution >= 4 is 22.4 Å². The van der Waals surface area contributed by atoms with Gasteiger partial charge < -0.3 is 13.9 Å². The molecule has 4 nitrogen and oxygen atoms in total. The number of methoxy groups -OCH3 is 1. The van der Waals surface area contributed by atoms with Crippen LogP contribution in [0.3, 0.4) is 0 Å². The maximum absolute atomic E-state index is 12.1. The van der Waals surface area contributed by atoms with Crippen LogP contribution in [-0.2, 0) is 17.8 Å². The summed E-state index contributed by atoms with van der Waals surface area (Å²) < 4.78 is 16.2. The molecule has 0 N–H and O–H groups in total. The lowest BCUT2D eigenvalue weighted by Crippen LogP contribution is -2.04. The molecule has 0 bridgehead atoms. The molecular formula is C20H19ClO4. The predicted octanol–water partition coefficient (Wildman–Crippen LogP) is 4.60. The third-order valence-electron chi connectivity index (χ3n) is 3.91. The Morgan fingerprint density at radius 2 is 1.88 bits per heavy atom. The van der Waals surface area contributed by atoms with Gasteiger partial charge in [-0.3, -0.25) is 0 Å². The Bertz CT molecular complexity index is 900. The third kappa shape index (κ3) is 4.62. The van der Waals surface area contributed by atoms with Crippen molar-refractivity contribution in [3.05, 3.63) is 75.3 Å². The molecule has 5 heteroatoms. The molecule has 0 saturated carbocycles. The molecule has 0 amide bonds. The van der Waals surface area contributed by atoms with E-state index < -0.39 is 0 Å². The summed E-state index contributed by atoms with van der Waals surface area (Å²) >= 11 is 5.85. The van der Waals surface area contributed by atoms with Crippen LogP contribution in [0.2, 0.25) is 5.02 Å². The van der Waals surface area contributed by atoms with Gasteiger partial charge in [-0.05, 0) is 47.7 Å². The SMILES string of the molecule is COc1ccc2cc(CCCOCc3ccc(Cl)cc3)oc(=O)c2c1. The predicted molar refractivity (Wildman–Crippen MR) is 98.5 cm³/mol. The highest BCUT2D eigenvalue weighted by Gasteiger charge is 2.06. The fourth-order valence-electron chi connectivity index (χ4n) is 2.58. The largest absolute Gasteiger partial charge is 0.497 e. The van der Waals surface area contributed by atoms with E-state index in [-0.39, 0.29) is 5.63 Å². The van der Waals surface area contributed by atoms with E-state index in [0.717, 1.165) is 17.4 Å². The summed E-state index contributed by atoms with van der Waals surface area (Å²) in [5.74, 6) is 1.31. The quantitative estimate of drug-likeness (QED) is 0.579. The summed E-state index contributed by atoms with van der Waals surface area (Å²) in [7, 11) is 1.57. The minimum absolute atomic E-state index is 0.339. The molecule has 130 valence electrons. The highest BCUT2D eigenvalue weighted by atomic mass is 35.5. The smallest absolute Gasteiger partial charge is 0.343 e. The third-order valence-corrected chi connectivity index (χ3v) is 4.17. The van der Waals surface area contributed by atoms with Crippen molar-refractivity contribution < 1.29 is 13.9 Å². The molecule has 0 unspecified atom stereocenters. The van der Waals surface area contributed by atoms with Gasteiger partial charge in [-0.1, -0.05) is 29.8 Å². The summed E-state index contributed by atoms with van der Waals surface area (Å²) in [5.41, 5.74) is 0.740. The lowest BCUT2D eigenvalue weighted by atomic mass is 10.1. The van der Waals surface area contributed by atoms with Gasteiger partial charge >= 0.3 is 5.63 Å². The first-order chi connectivity index (χ1) is 12.2. The van der Waals surface area contributed by atoms with E-state index in [1.165, 1.54) is 0 Å². The maximum atomic E-state index is 12.1. The zero-order valence-electron chi connectivity index (χ0n) is 14.0. The molecule has 1 aromatic heterocycles. The zero-order chi connectivity index (χ0) is 17.6. The van der Waals surface area contributed by atoms with Crippen LogP contribution in [0, 0.1) is 0 Å². The van der Waals surface area contributed by atoms with Crippen LogP contribution in [0.4, 0.5) is 0 Å². The molecule has 0 atom stereocenters. The summed E-state index contributed by atoms with van der Waals surface area (Å²) in [6.07, 6.45) is 1.43. The van der Waals surface area contributed by atoms with Crippen molar-refractivity contribution in [2.45, 2.75) is 19.4 Å². The van der Waals surface area contributed by atoms with E-state index in [2.05, 4.69) is 0 Å². The molecule has 0 aliphatic carbocycles. The van der Waals surface area contributed by atoms with Crippen LogP contribution in [0.5, 0.6) is 5.75 Å². The second-order valence-corrected chi connectivity index (χ2v) is 6.17. The second kappa shape index (κ2) is 8.19. The van der Waals surface area contributed by atoms with Crippen molar-refractivity contribution in [2.75, 3.05) is 13.7 Å². The fourth-order valence-corrected chi connectivity index (χ4v) is 2.71. The lowest BCUT2D eigenvalue weighted by molar-refractivity contribution is 0.117. The van der Waals surface area contributed by atoms with Crippen molar-refractivity contribution in [2.24, 2.45) is 0 Å². The van der Waals surface area contributed by atoms with Gasteiger partial charge in [-0.2, -0.15) is 0 Å². The average molecular weight is 359 g/mol. The van der Waals surface area contributed by atoms with E-state index >= 15 is 0 Å². The maximum Gasteiger partial charge on any atom is 0.343 e. The zero-order valence-corrected chi connectivity index (χ0v) is 14.7. The Hall–Kier alpha value is -2.30. The molecule has 3 aromatic rings. The molecule has 1 heterocycles. The van der Waals surface area contributed by atoms with Crippen molar-refractivity contribution in [3.8, 4) is 5.75 Å². The highest BCUT2D eigenvalue weighted by molar-refractivity contribution is 6.30. The fraction of sp³-hybridized carbons (Fsp3) is 0.250. The summed E-state index contributed by atoms with van der Waals surface area (Å²) in [5, 5.41) is 2.10. The first-order valence-electron chi connectivity index (χ1n) is 8.08. The van der Waals surface area contributed by atoms with Gasteiger partial charge in [-0.25, -0.2) is 4.79 Å². The Morgan fingerprint density at radius 3 is 2.64 bits per heavy atom. The Balaban J connectivity index is 1.54. The summed E-state index contributed by atoms with van der Waals surface area (Å²) in [6.45, 7) is 1.13. The van der Waals surface area contributed by atoms with Crippen molar-refractivity contribution in [3.63, 3.8) is 0 Å². The first kappa shape index (κ1) is 17.5. The molecular weight excluding hydrogens is 340 g/mol. The number of halogens is 1. The second-order valence-electron chi connectivity index (χ2n) is 5.74. The molecule has 0 spiro atoms. The molecule has 2 aromatic carbocycles. The number of ether oxygens (including phenoxy) is 2. The van der Waals surface area contributed by atoms with Gasteiger partial charge in [0, 0.05) is 18.1 Å². The van der Waals surface area contributed by atoms with Crippen LogP contribution in [0.15, 0.2) is 57.7 Å². The summed E-state index contributed by atoms with van der Waals surface area (Å²) in [6, 6.07) is 14.9. The van der Waals surface area contributed by atoms with E-state index in [9.17, 15) is 4.79 Å². The van der Waals surface area contributed by atoms with Crippen LogP contribution >= 0.6 is 11.6 Å². The number of aryl methyl sites for hydroxylation is 1. The first-order valence-corrected chi connectivity index (χ1v) is 8.46. The Morgan fingerprint density at radius 1 is 1.08 bits per heavy atom. The van der Waals surface area contributed by atoms with Gasteiger partial charge in [0.1, 0.15) is 11.5 Å². The monoisotopic (exact) mass is 358 g/mol. The number of hydrogen-bond donors (Lipinski definition) is 0. The molecule has 0 saturated heterocycles. The number of hydrogen-bond acceptors (Lipinski definition) is 4. The minimum atomic E-state index is -0.339. The topological polar surface area (TPSA) is 48.7 Å². The van der Waals surface area contributed by atoms with Crippen LogP contribution in [0.25, 0.3) is 10.8 Å². The van der Waals surface area contributed by atoms with Gasteiger partial charge in [0.25, 0.3) is 0 Å². The molecule has 25 heavy (non-hydrogen) atoms. The molecule has 0 aliphatic rings. The van der Waals surface area contributed by atoms with Crippen molar-refractivity contribution in [1.82, 2.24) is 0 Å². The van der Waals surface area contributed by atoms with E-state index in [4.69, 9.17) is 25.5 Å². The van der Waals surface area contributed by atoms with Gasteiger partial charge in [-0.15, -0.1) is 0 Å². The average Bonchev–Trinajstić information content (AvgIpc) is 2.63. The van der Waals surface area contributed by atoms with Gasteiger partial charge in [0.2, 0.25) is 0 Å². The Kier molecular flexibility index (Phi) is 5.74. The molecule has 3 rings (SSSR count). The van der Waals surface area contributed by atoms with Crippen LogP contribution in [0.1, 0.15) is 17.7 Å². The lowest BCUT2D eigenvalue weighted by Gasteiger charge is -2.06. The van der Waals surface area contributed by atoms with Crippen molar-refractivity contribution in [1.29, 1.82) is 0 Å². The van der Waals surface area contributed by atoms with Gasteiger partial charge in [0.15, 0.2) is 0 Å². The van der Waals surface area contributed by atoms with E-state index in [1.807, 2.05) is 42.5 Å². The standard InChI is InChI=1S/C20H19ClO4/c1-23-17-9-6-15-11-18(25-20(22)19(15)12-17)3-2-10-24-13-14-4-7-16(21)8-5-14/h4-9,11-12H,2-3,10,13H2,1H3. The van der Waals surface area contributed by atoms with Gasteiger partial charge in [0.05, 0.1) is 19.1 Å². The molecule has 0 fully saturated rings. The van der Waals surface area contributed by atoms with Crippen LogP contribution in [-0.4, -0.2) is 13.7 Å². The number of fused-ring (bicyclic) bond motifs is 1. The summed E-state index contributed by atoms with van der Waals surface area (Å²) in [4.78, 5) is 12.1. The molecule has 0 radical (unpaired) electrons. The number of rotatable bonds is 7. The van der Waals surface area contributed by atoms with E-state index in [0.29, 0.717) is 41.6 Å². The minimum Gasteiger partial charge on any atom is -0.497 e. The normalized spacial score (nSPS) is 11.0. The van der Waals surface area contributed by atoms with Crippen LogP contribution < -0.4 is 10.4 Å². The highest BCUT2D eigenvalue weighted by Crippen LogP contribution is 2.19.